The predicted octanol–water partition coefficient (Wildman–Crippen LogP) is 17.7. The van der Waals surface area contributed by atoms with Crippen molar-refractivity contribution in [3.05, 3.63) is 230 Å². The highest BCUT2D eigenvalue weighted by atomic mass is 14.9. The fourth-order valence-corrected chi connectivity index (χ4v) is 14.6. The maximum Gasteiger partial charge on any atom is 0.160 e. The van der Waals surface area contributed by atoms with Crippen molar-refractivity contribution in [1.82, 2.24) is 9.97 Å². The molecule has 4 fully saturated rings. The SMILES string of the molecule is c1ccc(-c2cccc(-c3cc(-c4c5ccccc5c(-c5ccc(-c6cccc7c6-c6cc8ccccc8cc6C76C7CC8CC(C7)CC6C8)cc5)c5ccccc45)nc(-c4ccccc4)n3)c2)cc1. The maximum absolute atomic E-state index is 5.43. The first-order valence-corrected chi connectivity index (χ1v) is 25.5. The second-order valence-corrected chi connectivity index (χ2v) is 20.8. The molecule has 1 heterocycles. The first kappa shape index (κ1) is 40.0. The van der Waals surface area contributed by atoms with Crippen LogP contribution in [-0.4, -0.2) is 9.97 Å². The maximum atomic E-state index is 5.43. The van der Waals surface area contributed by atoms with Crippen LogP contribution in [0.5, 0.6) is 0 Å². The normalized spacial score (nSPS) is 20.6. The fraction of sp³-hybridized carbons (Fsp3) is 0.147. The van der Waals surface area contributed by atoms with E-state index in [0.717, 1.165) is 57.3 Å². The second kappa shape index (κ2) is 15.5. The molecule has 1 spiro atoms. The minimum atomic E-state index is 0.107. The monoisotopic (exact) mass is 894 g/mol. The first-order valence-electron chi connectivity index (χ1n) is 25.5. The summed E-state index contributed by atoms with van der Waals surface area (Å²) in [5, 5.41) is 7.49. The minimum Gasteiger partial charge on any atom is -0.228 e. The first-order chi connectivity index (χ1) is 34.7. The highest BCUT2D eigenvalue weighted by Crippen LogP contribution is 2.70. The van der Waals surface area contributed by atoms with Crippen LogP contribution in [-0.2, 0) is 5.41 Å². The summed E-state index contributed by atoms with van der Waals surface area (Å²) in [6.07, 6.45) is 6.99. The molecule has 4 bridgehead atoms. The summed E-state index contributed by atoms with van der Waals surface area (Å²) in [4.78, 5) is 10.7. The predicted molar refractivity (Wildman–Crippen MR) is 290 cm³/mol. The average molecular weight is 895 g/mol. The molecule has 332 valence electrons. The molecule has 5 aliphatic carbocycles. The van der Waals surface area contributed by atoms with Crippen LogP contribution in [0.2, 0.25) is 0 Å². The summed E-state index contributed by atoms with van der Waals surface area (Å²) in [7, 11) is 0. The third kappa shape index (κ3) is 5.99. The van der Waals surface area contributed by atoms with E-state index in [1.807, 2.05) is 0 Å². The van der Waals surface area contributed by atoms with Gasteiger partial charge in [-0.25, -0.2) is 9.97 Å². The van der Waals surface area contributed by atoms with Crippen molar-refractivity contribution < 1.29 is 0 Å². The molecule has 0 saturated heterocycles. The smallest absolute Gasteiger partial charge is 0.160 e. The van der Waals surface area contributed by atoms with Crippen LogP contribution >= 0.6 is 0 Å². The van der Waals surface area contributed by atoms with Crippen molar-refractivity contribution in [1.29, 1.82) is 0 Å². The number of hydrogen-bond acceptors (Lipinski definition) is 2. The lowest BCUT2D eigenvalue weighted by Crippen LogP contribution is -2.55. The van der Waals surface area contributed by atoms with Gasteiger partial charge in [-0.3, -0.25) is 0 Å². The summed E-state index contributed by atoms with van der Waals surface area (Å²) in [5.41, 5.74) is 18.7. The number of hydrogen-bond donors (Lipinski definition) is 0. The quantitative estimate of drug-likeness (QED) is 0.155. The fourth-order valence-electron chi connectivity index (χ4n) is 14.6. The molecule has 0 N–H and O–H groups in total. The van der Waals surface area contributed by atoms with Crippen molar-refractivity contribution in [2.75, 3.05) is 0 Å². The van der Waals surface area contributed by atoms with Gasteiger partial charge in [-0.15, -0.1) is 0 Å². The van der Waals surface area contributed by atoms with Crippen molar-refractivity contribution in [2.45, 2.75) is 37.5 Å². The van der Waals surface area contributed by atoms with Crippen LogP contribution in [0.1, 0.15) is 43.2 Å². The van der Waals surface area contributed by atoms with Crippen molar-refractivity contribution in [3.8, 4) is 78.4 Å². The summed E-state index contributed by atoms with van der Waals surface area (Å²) >= 11 is 0. The van der Waals surface area contributed by atoms with Crippen molar-refractivity contribution in [2.24, 2.45) is 23.7 Å². The molecule has 0 atom stereocenters. The Hall–Kier alpha value is -7.94. The molecule has 0 unspecified atom stereocenters. The van der Waals surface area contributed by atoms with E-state index in [4.69, 9.17) is 9.97 Å². The summed E-state index contributed by atoms with van der Waals surface area (Å²) < 4.78 is 0. The molecule has 11 aromatic rings. The second-order valence-electron chi connectivity index (χ2n) is 20.8. The van der Waals surface area contributed by atoms with Gasteiger partial charge in [0.15, 0.2) is 5.82 Å². The lowest BCUT2D eigenvalue weighted by molar-refractivity contribution is -0.0398. The van der Waals surface area contributed by atoms with Gasteiger partial charge >= 0.3 is 0 Å². The van der Waals surface area contributed by atoms with E-state index in [2.05, 4.69) is 218 Å². The average Bonchev–Trinajstić information content (AvgIpc) is 3.70. The molecule has 2 nitrogen and oxygen atoms in total. The molecule has 0 amide bonds. The molecule has 2 heteroatoms. The molecular weight excluding hydrogens is 845 g/mol. The molecule has 4 saturated carbocycles. The molecular formula is C68H50N2. The Labute approximate surface area is 409 Å². The Balaban J connectivity index is 0.889. The van der Waals surface area contributed by atoms with Gasteiger partial charge in [-0.1, -0.05) is 194 Å². The van der Waals surface area contributed by atoms with Crippen molar-refractivity contribution in [3.63, 3.8) is 0 Å². The Kier molecular flexibility index (Phi) is 8.88. The molecule has 0 aliphatic heterocycles. The zero-order valence-electron chi connectivity index (χ0n) is 39.0. The number of benzene rings is 10. The summed E-state index contributed by atoms with van der Waals surface area (Å²) in [6, 6.07) is 80.9. The van der Waals surface area contributed by atoms with Gasteiger partial charge in [0.2, 0.25) is 0 Å². The topological polar surface area (TPSA) is 25.8 Å². The van der Waals surface area contributed by atoms with E-state index in [1.54, 1.807) is 11.1 Å². The molecule has 16 rings (SSSR count). The van der Waals surface area contributed by atoms with Gasteiger partial charge < -0.3 is 0 Å². The largest absolute Gasteiger partial charge is 0.228 e. The van der Waals surface area contributed by atoms with Crippen LogP contribution in [0, 0.1) is 23.7 Å². The Bertz CT molecular complexity index is 3800. The van der Waals surface area contributed by atoms with E-state index in [9.17, 15) is 0 Å². The lowest BCUT2D eigenvalue weighted by atomic mass is 9.43. The van der Waals surface area contributed by atoms with E-state index < -0.39 is 0 Å². The molecule has 70 heavy (non-hydrogen) atoms. The third-order valence-electron chi connectivity index (χ3n) is 17.2. The van der Waals surface area contributed by atoms with Crippen molar-refractivity contribution >= 4 is 32.3 Å². The summed E-state index contributed by atoms with van der Waals surface area (Å²) in [6.45, 7) is 0. The van der Waals surface area contributed by atoms with E-state index in [0.29, 0.717) is 5.82 Å². The van der Waals surface area contributed by atoms with Gasteiger partial charge in [-0.2, -0.15) is 0 Å². The zero-order valence-corrected chi connectivity index (χ0v) is 39.0. The standard InChI is InChI=1S/C68H50N2/c1-3-15-44(16-4-1)48-21-13-22-51(38-48)62-41-63(70-67(69-62)47-17-5-2-6-18-47)66-57-25-11-9-23-55(57)64(56-24-10-12-26-58(56)66)46-31-29-45(30-32-46)54-27-14-28-60-65(54)59-39-49-19-7-8-20-50(49)40-61(59)68(60)52-34-42-33-43(36-52)37-53(68)35-42/h1-32,38-43,52-53H,33-37H2. The number of aromatic nitrogens is 2. The lowest BCUT2D eigenvalue weighted by Gasteiger charge is -2.61. The van der Waals surface area contributed by atoms with E-state index >= 15 is 0 Å². The Morgan fingerprint density at radius 1 is 0.314 bits per heavy atom. The van der Waals surface area contributed by atoms with Gasteiger partial charge in [0.05, 0.1) is 11.4 Å². The van der Waals surface area contributed by atoms with Gasteiger partial charge in [0, 0.05) is 22.1 Å². The number of fused-ring (bicyclic) bond motifs is 6. The molecule has 0 radical (unpaired) electrons. The van der Waals surface area contributed by atoms with Gasteiger partial charge in [0.25, 0.3) is 0 Å². The molecule has 1 aromatic heterocycles. The van der Waals surface area contributed by atoms with Crippen LogP contribution < -0.4 is 0 Å². The number of nitrogens with zero attached hydrogens (tertiary/aromatic N) is 2. The van der Waals surface area contributed by atoms with Crippen LogP contribution in [0.3, 0.4) is 0 Å². The van der Waals surface area contributed by atoms with Gasteiger partial charge in [-0.05, 0) is 168 Å². The highest BCUT2D eigenvalue weighted by molar-refractivity contribution is 6.21. The Morgan fingerprint density at radius 2 is 0.843 bits per heavy atom. The minimum absolute atomic E-state index is 0.107. The van der Waals surface area contributed by atoms with E-state index in [-0.39, 0.29) is 5.41 Å². The van der Waals surface area contributed by atoms with Gasteiger partial charge in [0.1, 0.15) is 0 Å². The highest BCUT2D eigenvalue weighted by Gasteiger charge is 2.61. The van der Waals surface area contributed by atoms with Crippen LogP contribution in [0.15, 0.2) is 218 Å². The van der Waals surface area contributed by atoms with Crippen LogP contribution in [0.4, 0.5) is 0 Å². The van der Waals surface area contributed by atoms with E-state index in [1.165, 1.54) is 103 Å². The molecule has 10 aromatic carbocycles. The molecule has 5 aliphatic rings. The van der Waals surface area contributed by atoms with Crippen LogP contribution in [0.25, 0.3) is 111 Å². The summed E-state index contributed by atoms with van der Waals surface area (Å²) in [5.74, 6) is 3.97. The third-order valence-corrected chi connectivity index (χ3v) is 17.2. The zero-order chi connectivity index (χ0) is 45.9. The Morgan fingerprint density at radius 3 is 1.51 bits per heavy atom. The number of rotatable bonds is 6.